The normalized spacial score (nSPS) is 10.2. The van der Waals surface area contributed by atoms with Crippen LogP contribution < -0.4 is 0 Å². The topological polar surface area (TPSA) is 0 Å². The van der Waals surface area contributed by atoms with Gasteiger partial charge in [-0.15, -0.1) is 24.4 Å². The van der Waals surface area contributed by atoms with Gasteiger partial charge in [0.25, 0.3) is 0 Å². The van der Waals surface area contributed by atoms with Gasteiger partial charge in [0, 0.05) is 9.79 Å². The maximum atomic E-state index is 4.31. The molecule has 2 heteroatoms. The summed E-state index contributed by atoms with van der Waals surface area (Å²) < 4.78 is 0. The molecule has 2 rings (SSSR count). The van der Waals surface area contributed by atoms with Gasteiger partial charge >= 0.3 is 0 Å². The fourth-order valence-electron chi connectivity index (χ4n) is 2.54. The summed E-state index contributed by atoms with van der Waals surface area (Å²) in [5.74, 6) is 1.27. The molecule has 2 aromatic rings. The van der Waals surface area contributed by atoms with Crippen LogP contribution in [0.5, 0.6) is 0 Å². The van der Waals surface area contributed by atoms with Crippen molar-refractivity contribution in [3.05, 3.63) is 58.7 Å². The quantitative estimate of drug-likeness (QED) is 0.315. The second-order valence-electron chi connectivity index (χ2n) is 6.37. The van der Waals surface area contributed by atoms with E-state index >= 15 is 0 Å². The van der Waals surface area contributed by atoms with Crippen LogP contribution in [0.4, 0.5) is 0 Å². The van der Waals surface area contributed by atoms with E-state index in [1.165, 1.54) is 58.6 Å². The Hall–Kier alpha value is -0.860. The highest BCUT2D eigenvalue weighted by molar-refractivity contribution is 7.99. The highest BCUT2D eigenvalue weighted by atomic mass is 32.2. The van der Waals surface area contributed by atoms with Gasteiger partial charge in [-0.25, -0.2) is 0 Å². The van der Waals surface area contributed by atoms with Gasteiger partial charge in [-0.1, -0.05) is 62.6 Å². The summed E-state index contributed by atoms with van der Waals surface area (Å²) in [5, 5.41) is 0. The van der Waals surface area contributed by atoms with Crippen LogP contribution >= 0.6 is 24.4 Å². The zero-order chi connectivity index (χ0) is 17.9. The van der Waals surface area contributed by atoms with Crippen molar-refractivity contribution < 1.29 is 0 Å². The average molecular weight is 361 g/mol. The molecule has 0 atom stereocenters. The van der Waals surface area contributed by atoms with Crippen molar-refractivity contribution in [3.8, 4) is 0 Å². The Morgan fingerprint density at radius 3 is 1.71 bits per heavy atom. The molecule has 0 bridgehead atoms. The SMILES string of the molecule is CCCCCCSc1c(C)cccc1C.Cc1cccc(C)c1S. The molecule has 24 heavy (non-hydrogen) atoms. The fraction of sp³-hybridized carbons (Fsp3) is 0.455. The molecule has 0 aliphatic rings. The van der Waals surface area contributed by atoms with Gasteiger partial charge in [-0.05, 0) is 62.1 Å². The van der Waals surface area contributed by atoms with Crippen molar-refractivity contribution in [2.45, 2.75) is 70.1 Å². The van der Waals surface area contributed by atoms with Crippen LogP contribution in [0.15, 0.2) is 46.2 Å². The number of hydrogen-bond donors (Lipinski definition) is 1. The Balaban J connectivity index is 0.000000272. The van der Waals surface area contributed by atoms with E-state index in [1.54, 1.807) is 0 Å². The highest BCUT2D eigenvalue weighted by Gasteiger charge is 2.01. The smallest absolute Gasteiger partial charge is 0.0130 e. The van der Waals surface area contributed by atoms with E-state index in [1.807, 2.05) is 17.8 Å². The number of hydrogen-bond acceptors (Lipinski definition) is 2. The van der Waals surface area contributed by atoms with E-state index in [0.717, 1.165) is 4.90 Å². The summed E-state index contributed by atoms with van der Waals surface area (Å²) in [6, 6.07) is 12.7. The molecule has 0 saturated carbocycles. The first kappa shape index (κ1) is 21.2. The van der Waals surface area contributed by atoms with Crippen molar-refractivity contribution in [3.63, 3.8) is 0 Å². The molecule has 0 amide bonds. The lowest BCUT2D eigenvalue weighted by Crippen LogP contribution is -1.87. The minimum atomic E-state index is 1.11. The Bertz CT molecular complexity index is 577. The number of rotatable bonds is 6. The fourth-order valence-corrected chi connectivity index (χ4v) is 3.83. The summed E-state index contributed by atoms with van der Waals surface area (Å²) in [5.41, 5.74) is 5.35. The van der Waals surface area contributed by atoms with Crippen LogP contribution in [0, 0.1) is 27.7 Å². The maximum Gasteiger partial charge on any atom is 0.0130 e. The molecule has 0 radical (unpaired) electrons. The summed E-state index contributed by atoms with van der Waals surface area (Å²) in [4.78, 5) is 2.60. The second kappa shape index (κ2) is 11.7. The molecule has 0 N–H and O–H groups in total. The molecule has 2 aromatic carbocycles. The second-order valence-corrected chi connectivity index (χ2v) is 7.92. The van der Waals surface area contributed by atoms with Gasteiger partial charge < -0.3 is 0 Å². The van der Waals surface area contributed by atoms with E-state index < -0.39 is 0 Å². The number of thioether (sulfide) groups is 1. The third-order valence-corrected chi connectivity index (χ3v) is 6.22. The number of benzene rings is 2. The minimum Gasteiger partial charge on any atom is -0.143 e. The van der Waals surface area contributed by atoms with Crippen LogP contribution in [0.25, 0.3) is 0 Å². The van der Waals surface area contributed by atoms with E-state index in [4.69, 9.17) is 0 Å². The molecule has 0 unspecified atom stereocenters. The van der Waals surface area contributed by atoms with E-state index in [9.17, 15) is 0 Å². The lowest BCUT2D eigenvalue weighted by atomic mass is 10.2. The van der Waals surface area contributed by atoms with E-state index in [2.05, 4.69) is 77.6 Å². The molecule has 0 spiro atoms. The Kier molecular flexibility index (Phi) is 10.3. The van der Waals surface area contributed by atoms with E-state index in [-0.39, 0.29) is 0 Å². The van der Waals surface area contributed by atoms with Crippen LogP contribution in [-0.2, 0) is 0 Å². The first-order valence-corrected chi connectivity index (χ1v) is 10.3. The summed E-state index contributed by atoms with van der Waals surface area (Å²) in [7, 11) is 0. The van der Waals surface area contributed by atoms with Gasteiger partial charge in [0.15, 0.2) is 0 Å². The third kappa shape index (κ3) is 7.36. The van der Waals surface area contributed by atoms with Gasteiger partial charge in [0.05, 0.1) is 0 Å². The Morgan fingerprint density at radius 1 is 0.750 bits per heavy atom. The lowest BCUT2D eigenvalue weighted by Gasteiger charge is -2.08. The lowest BCUT2D eigenvalue weighted by molar-refractivity contribution is 0.706. The molecule has 0 heterocycles. The van der Waals surface area contributed by atoms with Crippen molar-refractivity contribution >= 4 is 24.4 Å². The maximum absolute atomic E-state index is 4.31. The van der Waals surface area contributed by atoms with Crippen LogP contribution in [0.3, 0.4) is 0 Å². The molecule has 0 fully saturated rings. The first-order chi connectivity index (χ1) is 11.5. The molecule has 0 aliphatic heterocycles. The van der Waals surface area contributed by atoms with Crippen LogP contribution in [-0.4, -0.2) is 5.75 Å². The molecule has 0 aromatic heterocycles. The molecule has 132 valence electrons. The van der Waals surface area contributed by atoms with Crippen molar-refractivity contribution in [1.29, 1.82) is 0 Å². The summed E-state index contributed by atoms with van der Waals surface area (Å²) in [6.07, 6.45) is 5.45. The number of thiol groups is 1. The van der Waals surface area contributed by atoms with Gasteiger partial charge in [-0.2, -0.15) is 0 Å². The van der Waals surface area contributed by atoms with Crippen molar-refractivity contribution in [1.82, 2.24) is 0 Å². The summed E-state index contributed by atoms with van der Waals surface area (Å²) >= 11 is 6.34. The number of aryl methyl sites for hydroxylation is 4. The molecular formula is C22H32S2. The molecule has 0 saturated heterocycles. The Morgan fingerprint density at radius 2 is 1.25 bits per heavy atom. The van der Waals surface area contributed by atoms with E-state index in [0.29, 0.717) is 0 Å². The Labute approximate surface area is 158 Å². The van der Waals surface area contributed by atoms with Gasteiger partial charge in [0.1, 0.15) is 0 Å². The predicted octanol–water partition coefficient (Wildman–Crippen LogP) is 7.57. The van der Waals surface area contributed by atoms with Crippen molar-refractivity contribution in [2.75, 3.05) is 5.75 Å². The molecular weight excluding hydrogens is 328 g/mol. The highest BCUT2D eigenvalue weighted by Crippen LogP contribution is 2.27. The standard InChI is InChI=1S/C14H22S.C8H10S/c1-4-5-6-7-11-15-14-12(2)9-8-10-13(14)3;1-6-4-3-5-7(2)8(6)9/h8-10H,4-7,11H2,1-3H3;3-5,9H,1-2H3. The van der Waals surface area contributed by atoms with Crippen LogP contribution in [0.2, 0.25) is 0 Å². The minimum absolute atomic E-state index is 1.11. The zero-order valence-corrected chi connectivity index (χ0v) is 17.6. The first-order valence-electron chi connectivity index (χ1n) is 8.91. The van der Waals surface area contributed by atoms with Gasteiger partial charge in [-0.3, -0.25) is 0 Å². The molecule has 0 aliphatic carbocycles. The molecule has 0 nitrogen and oxygen atoms in total. The van der Waals surface area contributed by atoms with Crippen molar-refractivity contribution in [2.24, 2.45) is 0 Å². The predicted molar refractivity (Wildman–Crippen MR) is 114 cm³/mol. The third-order valence-electron chi connectivity index (χ3n) is 4.09. The monoisotopic (exact) mass is 360 g/mol. The van der Waals surface area contributed by atoms with Gasteiger partial charge in [0.2, 0.25) is 0 Å². The van der Waals surface area contributed by atoms with Crippen LogP contribution in [0.1, 0.15) is 54.9 Å². The average Bonchev–Trinajstić information content (AvgIpc) is 2.55. The largest absolute Gasteiger partial charge is 0.143 e. The summed E-state index contributed by atoms with van der Waals surface area (Å²) in [6.45, 7) is 10.8. The zero-order valence-electron chi connectivity index (χ0n) is 15.9. The number of unbranched alkanes of at least 4 members (excludes halogenated alkanes) is 3.